The lowest BCUT2D eigenvalue weighted by molar-refractivity contribution is 0.446. The van der Waals surface area contributed by atoms with E-state index in [-0.39, 0.29) is 24.0 Å². The first-order valence-electron chi connectivity index (χ1n) is 7.08. The van der Waals surface area contributed by atoms with Gasteiger partial charge in [-0.2, -0.15) is 11.3 Å². The van der Waals surface area contributed by atoms with Crippen molar-refractivity contribution in [1.82, 2.24) is 15.4 Å². The topological polar surface area (TPSA) is 82.6 Å². The predicted octanol–water partition coefficient (Wildman–Crippen LogP) is 1.96. The summed E-state index contributed by atoms with van der Waals surface area (Å²) in [5, 5.41) is 10.6. The summed E-state index contributed by atoms with van der Waals surface area (Å²) in [7, 11) is -1.54. The Kier molecular flexibility index (Phi) is 9.63. The molecule has 1 heterocycles. The summed E-state index contributed by atoms with van der Waals surface area (Å²) in [6.07, 6.45) is 1.16. The molecule has 0 saturated heterocycles. The third kappa shape index (κ3) is 9.48. The molecule has 1 rings (SSSR count). The Morgan fingerprint density at radius 2 is 2.04 bits per heavy atom. The van der Waals surface area contributed by atoms with Gasteiger partial charge in [0.05, 0.1) is 6.26 Å². The van der Waals surface area contributed by atoms with Gasteiger partial charge in [-0.25, -0.2) is 13.1 Å². The Bertz CT molecular complexity index is 586. The van der Waals surface area contributed by atoms with Crippen molar-refractivity contribution in [3.8, 4) is 0 Å². The van der Waals surface area contributed by atoms with Gasteiger partial charge in [0.2, 0.25) is 10.0 Å². The van der Waals surface area contributed by atoms with Crippen LogP contribution < -0.4 is 15.4 Å². The molecule has 1 aromatic heterocycles. The maximum absolute atomic E-state index is 11.3. The minimum atomic E-state index is -3.24. The maximum Gasteiger partial charge on any atom is 0.209 e. The Hall–Kier alpha value is -0.390. The van der Waals surface area contributed by atoms with Gasteiger partial charge in [-0.05, 0) is 42.2 Å². The average Bonchev–Trinajstić information content (AvgIpc) is 2.89. The first-order chi connectivity index (χ1) is 10.1. The molecule has 6 nitrogen and oxygen atoms in total. The van der Waals surface area contributed by atoms with Crippen LogP contribution in [0.4, 0.5) is 0 Å². The SMILES string of the molecule is CN=C(NCC(C)c1ccsc1)NCC(C)(C)NS(C)(=O)=O.I. The minimum absolute atomic E-state index is 0. The molecule has 3 N–H and O–H groups in total. The van der Waals surface area contributed by atoms with E-state index in [0.717, 1.165) is 12.8 Å². The number of sulfonamides is 1. The summed E-state index contributed by atoms with van der Waals surface area (Å²) in [6.45, 7) is 6.99. The van der Waals surface area contributed by atoms with Crippen LogP contribution in [0.5, 0.6) is 0 Å². The molecule has 0 radical (unpaired) electrons. The van der Waals surface area contributed by atoms with Crippen molar-refractivity contribution in [2.45, 2.75) is 32.2 Å². The van der Waals surface area contributed by atoms with Crippen LogP contribution in [-0.2, 0) is 10.0 Å². The quantitative estimate of drug-likeness (QED) is 0.321. The van der Waals surface area contributed by atoms with E-state index in [0.29, 0.717) is 18.4 Å². The van der Waals surface area contributed by atoms with Gasteiger partial charge >= 0.3 is 0 Å². The number of nitrogens with one attached hydrogen (secondary N) is 3. The largest absolute Gasteiger partial charge is 0.356 e. The van der Waals surface area contributed by atoms with Gasteiger partial charge in [-0.3, -0.25) is 4.99 Å². The number of hydrogen-bond donors (Lipinski definition) is 3. The van der Waals surface area contributed by atoms with Gasteiger partial charge in [-0.1, -0.05) is 6.92 Å². The highest BCUT2D eigenvalue weighted by Crippen LogP contribution is 2.16. The normalized spacial score (nSPS) is 14.0. The second-order valence-electron chi connectivity index (χ2n) is 6.02. The molecule has 134 valence electrons. The first kappa shape index (κ1) is 22.6. The summed E-state index contributed by atoms with van der Waals surface area (Å²) in [6, 6.07) is 2.12. The molecule has 1 aromatic rings. The molecular formula is C14H27IN4O2S2. The van der Waals surface area contributed by atoms with Crippen molar-refractivity contribution < 1.29 is 8.42 Å². The number of aliphatic imine (C=N–C) groups is 1. The fourth-order valence-corrected chi connectivity index (χ4v) is 3.84. The Balaban J connectivity index is 0.00000484. The fraction of sp³-hybridized carbons (Fsp3) is 0.643. The molecular weight excluding hydrogens is 447 g/mol. The lowest BCUT2D eigenvalue weighted by Gasteiger charge is -2.26. The number of guanidine groups is 1. The summed E-state index contributed by atoms with van der Waals surface area (Å²) < 4.78 is 25.2. The zero-order chi connectivity index (χ0) is 16.8. The van der Waals surface area contributed by atoms with E-state index in [1.165, 1.54) is 5.56 Å². The van der Waals surface area contributed by atoms with Gasteiger partial charge in [-0.15, -0.1) is 24.0 Å². The zero-order valence-electron chi connectivity index (χ0n) is 14.2. The molecule has 0 bridgehead atoms. The second-order valence-corrected chi connectivity index (χ2v) is 8.55. The molecule has 0 amide bonds. The summed E-state index contributed by atoms with van der Waals surface area (Å²) in [5.74, 6) is 1.04. The van der Waals surface area contributed by atoms with E-state index in [1.54, 1.807) is 18.4 Å². The van der Waals surface area contributed by atoms with Crippen LogP contribution in [0.1, 0.15) is 32.3 Å². The van der Waals surface area contributed by atoms with Crippen LogP contribution in [-0.4, -0.2) is 46.3 Å². The van der Waals surface area contributed by atoms with E-state index in [4.69, 9.17) is 0 Å². The molecule has 9 heteroatoms. The molecule has 1 atom stereocenters. The molecule has 0 aliphatic heterocycles. The van der Waals surface area contributed by atoms with Crippen molar-refractivity contribution in [3.05, 3.63) is 22.4 Å². The van der Waals surface area contributed by atoms with Crippen LogP contribution in [0.15, 0.2) is 21.8 Å². The van der Waals surface area contributed by atoms with Gasteiger partial charge in [0.15, 0.2) is 5.96 Å². The summed E-state index contributed by atoms with van der Waals surface area (Å²) in [4.78, 5) is 4.16. The van der Waals surface area contributed by atoms with E-state index < -0.39 is 15.6 Å². The fourth-order valence-electron chi connectivity index (χ4n) is 1.99. The summed E-state index contributed by atoms with van der Waals surface area (Å²) in [5.41, 5.74) is 0.705. The maximum atomic E-state index is 11.3. The zero-order valence-corrected chi connectivity index (χ0v) is 18.2. The van der Waals surface area contributed by atoms with E-state index in [9.17, 15) is 8.42 Å². The average molecular weight is 474 g/mol. The first-order valence-corrected chi connectivity index (χ1v) is 9.92. The van der Waals surface area contributed by atoms with Crippen molar-refractivity contribution in [3.63, 3.8) is 0 Å². The highest BCUT2D eigenvalue weighted by molar-refractivity contribution is 14.0. The van der Waals surface area contributed by atoms with Crippen LogP contribution in [0.25, 0.3) is 0 Å². The third-order valence-electron chi connectivity index (χ3n) is 3.07. The molecule has 23 heavy (non-hydrogen) atoms. The van der Waals surface area contributed by atoms with Gasteiger partial charge in [0.25, 0.3) is 0 Å². The number of rotatable bonds is 7. The van der Waals surface area contributed by atoms with Crippen LogP contribution in [0.3, 0.4) is 0 Å². The molecule has 0 fully saturated rings. The number of halogens is 1. The smallest absolute Gasteiger partial charge is 0.209 e. The highest BCUT2D eigenvalue weighted by Gasteiger charge is 2.22. The standard InChI is InChI=1S/C14H26N4O2S2.HI/c1-11(12-6-7-21-9-12)8-16-13(15-4)17-10-14(2,3)18-22(5,19)20;/h6-7,9,11,18H,8,10H2,1-5H3,(H2,15,16,17);1H. The van der Waals surface area contributed by atoms with E-state index >= 15 is 0 Å². The lowest BCUT2D eigenvalue weighted by atomic mass is 10.1. The van der Waals surface area contributed by atoms with Gasteiger partial charge < -0.3 is 10.6 Å². The molecule has 0 aliphatic rings. The highest BCUT2D eigenvalue weighted by atomic mass is 127. The van der Waals surface area contributed by atoms with E-state index in [1.807, 2.05) is 13.8 Å². The molecule has 1 unspecified atom stereocenters. The van der Waals surface area contributed by atoms with Crippen LogP contribution in [0.2, 0.25) is 0 Å². The van der Waals surface area contributed by atoms with E-state index in [2.05, 4.69) is 44.1 Å². The Morgan fingerprint density at radius 3 is 2.52 bits per heavy atom. The van der Waals surface area contributed by atoms with Crippen molar-refractivity contribution in [2.75, 3.05) is 26.4 Å². The number of hydrogen-bond acceptors (Lipinski definition) is 4. The second kappa shape index (κ2) is 9.80. The van der Waals surface area contributed by atoms with Gasteiger partial charge in [0.1, 0.15) is 0 Å². The monoisotopic (exact) mass is 474 g/mol. The van der Waals surface area contributed by atoms with Crippen molar-refractivity contribution >= 4 is 51.3 Å². The molecule has 0 saturated carbocycles. The third-order valence-corrected chi connectivity index (χ3v) is 4.70. The number of thiophene rings is 1. The Labute approximate surface area is 160 Å². The molecule has 0 spiro atoms. The molecule has 0 aromatic carbocycles. The molecule has 0 aliphatic carbocycles. The minimum Gasteiger partial charge on any atom is -0.356 e. The van der Waals surface area contributed by atoms with Crippen molar-refractivity contribution in [2.24, 2.45) is 4.99 Å². The predicted molar refractivity (Wildman–Crippen MR) is 110 cm³/mol. The Morgan fingerprint density at radius 1 is 1.39 bits per heavy atom. The van der Waals surface area contributed by atoms with Gasteiger partial charge in [0, 0.05) is 25.7 Å². The number of nitrogens with zero attached hydrogens (tertiary/aromatic N) is 1. The van der Waals surface area contributed by atoms with Crippen LogP contribution >= 0.6 is 35.3 Å². The summed E-state index contributed by atoms with van der Waals surface area (Å²) >= 11 is 1.69. The lowest BCUT2D eigenvalue weighted by Crippen LogP contribution is -2.53. The van der Waals surface area contributed by atoms with Crippen LogP contribution in [0, 0.1) is 0 Å². The van der Waals surface area contributed by atoms with Crippen molar-refractivity contribution in [1.29, 1.82) is 0 Å².